The minimum atomic E-state index is -0.591. The van der Waals surface area contributed by atoms with Gasteiger partial charge in [-0.1, -0.05) is 12.6 Å². The summed E-state index contributed by atoms with van der Waals surface area (Å²) in [6.07, 6.45) is 0. The van der Waals surface area contributed by atoms with Gasteiger partial charge in [-0.25, -0.2) is 4.98 Å². The number of nitrogens with zero attached hydrogens (tertiary/aromatic N) is 3. The van der Waals surface area contributed by atoms with Gasteiger partial charge in [0, 0.05) is 0 Å². The zero-order valence-corrected chi connectivity index (χ0v) is 12.1. The number of hydrogen-bond acceptors (Lipinski definition) is 8. The molecule has 0 amide bonds. The number of methoxy groups -OCH3 is 2. The molecule has 0 aliphatic heterocycles. The third-order valence-corrected chi connectivity index (χ3v) is 2.57. The number of anilines is 1. The fraction of sp³-hybridized carbons (Fsp3) is 0.167. The molecule has 2 aromatic rings. The molecule has 0 aliphatic carbocycles. The SMILES string of the molecule is COc1cc(OC)nc(Oc2ccc(N)nc2C(=O)S)n1. The molecule has 110 valence electrons. The van der Waals surface area contributed by atoms with Crippen molar-refractivity contribution in [1.82, 2.24) is 15.0 Å². The molecule has 0 atom stereocenters. The highest BCUT2D eigenvalue weighted by atomic mass is 32.1. The molecule has 2 heterocycles. The molecule has 0 spiro atoms. The van der Waals surface area contributed by atoms with E-state index < -0.39 is 5.12 Å². The second-order valence-electron chi connectivity index (χ2n) is 3.73. The molecule has 21 heavy (non-hydrogen) atoms. The lowest BCUT2D eigenvalue weighted by Gasteiger charge is -2.09. The average molecular weight is 308 g/mol. The van der Waals surface area contributed by atoms with E-state index in [9.17, 15) is 4.79 Å². The lowest BCUT2D eigenvalue weighted by Crippen LogP contribution is -2.04. The third kappa shape index (κ3) is 3.51. The Labute approximate surface area is 125 Å². The fourth-order valence-corrected chi connectivity index (χ4v) is 1.59. The highest BCUT2D eigenvalue weighted by molar-refractivity contribution is 7.97. The van der Waals surface area contributed by atoms with E-state index >= 15 is 0 Å². The van der Waals surface area contributed by atoms with Crippen molar-refractivity contribution in [3.8, 4) is 23.5 Å². The first-order valence-electron chi connectivity index (χ1n) is 5.68. The summed E-state index contributed by atoms with van der Waals surface area (Å²) in [7, 11) is 2.89. The van der Waals surface area contributed by atoms with Crippen molar-refractivity contribution >= 4 is 23.6 Å². The quantitative estimate of drug-likeness (QED) is 0.796. The van der Waals surface area contributed by atoms with Crippen LogP contribution in [0.1, 0.15) is 10.5 Å². The predicted molar refractivity (Wildman–Crippen MR) is 77.2 cm³/mol. The lowest BCUT2D eigenvalue weighted by molar-refractivity contribution is 0.108. The largest absolute Gasteiger partial charge is 0.481 e. The fourth-order valence-electron chi connectivity index (χ4n) is 1.43. The number of carbonyl (C=O) groups excluding carboxylic acids is 1. The van der Waals surface area contributed by atoms with E-state index in [0.29, 0.717) is 0 Å². The smallest absolute Gasteiger partial charge is 0.328 e. The van der Waals surface area contributed by atoms with E-state index in [2.05, 4.69) is 27.6 Å². The molecule has 0 unspecified atom stereocenters. The van der Waals surface area contributed by atoms with E-state index in [1.165, 1.54) is 32.4 Å². The average Bonchev–Trinajstić information content (AvgIpc) is 2.48. The zero-order chi connectivity index (χ0) is 15.4. The Morgan fingerprint density at radius 1 is 1.14 bits per heavy atom. The molecule has 0 saturated carbocycles. The van der Waals surface area contributed by atoms with Crippen molar-refractivity contribution < 1.29 is 19.0 Å². The normalized spacial score (nSPS) is 10.0. The number of ether oxygens (including phenoxy) is 3. The standard InChI is InChI=1S/C12H12N4O4S/c1-18-8-5-9(19-2)16-12(15-8)20-6-3-4-7(13)14-10(6)11(17)21/h3-5H,1-2H3,(H2,13,14)(H,17,21). The first-order chi connectivity index (χ1) is 10.0. The number of nitrogen functional groups attached to an aromatic ring is 1. The van der Waals surface area contributed by atoms with Gasteiger partial charge in [-0.05, 0) is 12.1 Å². The van der Waals surface area contributed by atoms with Crippen molar-refractivity contribution in [3.63, 3.8) is 0 Å². The Morgan fingerprint density at radius 3 is 2.29 bits per heavy atom. The maximum absolute atomic E-state index is 11.4. The van der Waals surface area contributed by atoms with Gasteiger partial charge in [-0.15, -0.1) is 0 Å². The highest BCUT2D eigenvalue weighted by Gasteiger charge is 2.15. The number of rotatable bonds is 5. The van der Waals surface area contributed by atoms with Crippen LogP contribution in [0.4, 0.5) is 5.82 Å². The van der Waals surface area contributed by atoms with Crippen molar-refractivity contribution in [3.05, 3.63) is 23.9 Å². The van der Waals surface area contributed by atoms with Crippen LogP contribution < -0.4 is 19.9 Å². The van der Waals surface area contributed by atoms with Gasteiger partial charge in [0.15, 0.2) is 11.4 Å². The summed E-state index contributed by atoms with van der Waals surface area (Å²) in [5.41, 5.74) is 5.49. The maximum atomic E-state index is 11.4. The van der Waals surface area contributed by atoms with Crippen LogP contribution in [0.2, 0.25) is 0 Å². The van der Waals surface area contributed by atoms with Gasteiger partial charge < -0.3 is 19.9 Å². The number of nitrogens with two attached hydrogens (primary N) is 1. The Morgan fingerprint density at radius 2 is 1.76 bits per heavy atom. The van der Waals surface area contributed by atoms with Crippen molar-refractivity contribution in [2.24, 2.45) is 0 Å². The van der Waals surface area contributed by atoms with Crippen molar-refractivity contribution in [2.75, 3.05) is 20.0 Å². The van der Waals surface area contributed by atoms with Crippen LogP contribution in [0.3, 0.4) is 0 Å². The van der Waals surface area contributed by atoms with Gasteiger partial charge in [-0.3, -0.25) is 4.79 Å². The van der Waals surface area contributed by atoms with Crippen LogP contribution in [-0.2, 0) is 0 Å². The van der Waals surface area contributed by atoms with Gasteiger partial charge in [0.25, 0.3) is 0 Å². The molecule has 0 aromatic carbocycles. The summed E-state index contributed by atoms with van der Waals surface area (Å²) in [5.74, 6) is 0.793. The Bertz CT molecular complexity index is 658. The van der Waals surface area contributed by atoms with Crippen molar-refractivity contribution in [2.45, 2.75) is 0 Å². The van der Waals surface area contributed by atoms with Crippen LogP contribution in [0.5, 0.6) is 23.5 Å². The van der Waals surface area contributed by atoms with Crippen LogP contribution in [0.25, 0.3) is 0 Å². The summed E-state index contributed by atoms with van der Waals surface area (Å²) in [6, 6.07) is 4.38. The Hall–Kier alpha value is -2.55. The zero-order valence-electron chi connectivity index (χ0n) is 11.2. The highest BCUT2D eigenvalue weighted by Crippen LogP contribution is 2.27. The molecule has 9 heteroatoms. The number of hydrogen-bond donors (Lipinski definition) is 2. The lowest BCUT2D eigenvalue weighted by atomic mass is 10.3. The van der Waals surface area contributed by atoms with Gasteiger partial charge in [0.05, 0.1) is 20.3 Å². The molecule has 0 radical (unpaired) electrons. The van der Waals surface area contributed by atoms with Crippen molar-refractivity contribution in [1.29, 1.82) is 0 Å². The minimum absolute atomic E-state index is 0.0382. The second-order valence-corrected chi connectivity index (χ2v) is 4.13. The molecule has 0 saturated heterocycles. The number of carbonyl (C=O) groups is 1. The van der Waals surface area contributed by atoms with E-state index in [1.807, 2.05) is 0 Å². The molecular weight excluding hydrogens is 296 g/mol. The summed E-state index contributed by atoms with van der Waals surface area (Å²) in [4.78, 5) is 23.3. The number of pyridine rings is 1. The molecule has 2 N–H and O–H groups in total. The topological polar surface area (TPSA) is 109 Å². The summed E-state index contributed by atoms with van der Waals surface area (Å²) < 4.78 is 15.4. The van der Waals surface area contributed by atoms with E-state index in [0.717, 1.165) is 0 Å². The summed E-state index contributed by atoms with van der Waals surface area (Å²) in [6.45, 7) is 0. The molecule has 0 bridgehead atoms. The van der Waals surface area contributed by atoms with E-state index in [4.69, 9.17) is 19.9 Å². The Kier molecular flexibility index (Phi) is 4.43. The minimum Gasteiger partial charge on any atom is -0.481 e. The monoisotopic (exact) mass is 308 g/mol. The molecular formula is C12H12N4O4S. The van der Waals surface area contributed by atoms with E-state index in [-0.39, 0.29) is 35.0 Å². The predicted octanol–water partition coefficient (Wildman–Crippen LogP) is 1.33. The van der Waals surface area contributed by atoms with Gasteiger partial charge in [0.1, 0.15) is 5.82 Å². The first kappa shape index (κ1) is 14.9. The molecule has 8 nitrogen and oxygen atoms in total. The van der Waals surface area contributed by atoms with Gasteiger partial charge in [-0.2, -0.15) is 9.97 Å². The maximum Gasteiger partial charge on any atom is 0.328 e. The molecule has 2 rings (SSSR count). The number of aromatic nitrogens is 3. The number of thiol groups is 1. The molecule has 2 aromatic heterocycles. The second kappa shape index (κ2) is 6.27. The first-order valence-corrected chi connectivity index (χ1v) is 6.13. The van der Waals surface area contributed by atoms with Crippen LogP contribution in [-0.4, -0.2) is 34.3 Å². The third-order valence-electron chi connectivity index (χ3n) is 2.36. The van der Waals surface area contributed by atoms with Crippen LogP contribution >= 0.6 is 12.6 Å². The van der Waals surface area contributed by atoms with Crippen LogP contribution in [0.15, 0.2) is 18.2 Å². The molecule has 0 fully saturated rings. The van der Waals surface area contributed by atoms with Crippen LogP contribution in [0, 0.1) is 0 Å². The Balaban J connectivity index is 2.40. The summed E-state index contributed by atoms with van der Waals surface area (Å²) >= 11 is 3.72. The molecule has 0 aliphatic rings. The summed E-state index contributed by atoms with van der Waals surface area (Å²) in [5, 5.41) is -0.591. The van der Waals surface area contributed by atoms with Gasteiger partial charge in [0.2, 0.25) is 16.9 Å². The van der Waals surface area contributed by atoms with Gasteiger partial charge >= 0.3 is 6.01 Å². The van der Waals surface area contributed by atoms with E-state index in [1.54, 1.807) is 0 Å².